The Balaban J connectivity index is 6.05. The Morgan fingerprint density at radius 2 is 1.07 bits per heavy atom. The normalized spacial score (nSPS) is 16.8. The van der Waals surface area contributed by atoms with E-state index in [9.17, 15) is 61.5 Å². The largest absolute Gasteiger partial charge is 0.391 e. The molecule has 0 heterocycles. The van der Waals surface area contributed by atoms with Crippen molar-refractivity contribution in [1.29, 1.82) is 0 Å². The molecule has 16 heteroatoms. The average Bonchev–Trinajstić information content (AvgIpc) is 2.45. The van der Waals surface area contributed by atoms with Gasteiger partial charge in [-0.15, -0.1) is 0 Å². The third kappa shape index (κ3) is 4.05. The molecule has 0 rings (SSSR count). The number of hydrogen-bond donors (Lipinski definition) is 1. The van der Waals surface area contributed by atoms with E-state index >= 15 is 0 Å². The predicted molar refractivity (Wildman–Crippen MR) is 57.9 cm³/mol. The van der Waals surface area contributed by atoms with Gasteiger partial charge in [-0.3, -0.25) is 0 Å². The van der Waals surface area contributed by atoms with Crippen molar-refractivity contribution in [2.24, 2.45) is 0 Å². The van der Waals surface area contributed by atoms with Crippen molar-refractivity contribution < 1.29 is 71.3 Å². The van der Waals surface area contributed by atoms with Gasteiger partial charge in [-0.25, -0.2) is 8.78 Å². The second-order valence-electron chi connectivity index (χ2n) is 5.09. The number of rotatable bonds is 10. The van der Waals surface area contributed by atoms with E-state index in [0.717, 1.165) is 0 Å². The van der Waals surface area contributed by atoms with Gasteiger partial charge in [-0.05, 0) is 6.92 Å². The van der Waals surface area contributed by atoms with E-state index in [-0.39, 0.29) is 0 Å². The maximum Gasteiger partial charge on any atom is 0.384 e. The van der Waals surface area contributed by atoms with E-state index in [2.05, 4.69) is 11.7 Å². The highest BCUT2D eigenvalue weighted by atomic mass is 19.4. The summed E-state index contributed by atoms with van der Waals surface area (Å²) in [5.41, 5.74) is 0. The molecule has 0 fully saturated rings. The Morgan fingerprint density at radius 1 is 0.704 bits per heavy atom. The molecule has 1 unspecified atom stereocenters. The average molecular weight is 439 g/mol. The van der Waals surface area contributed by atoms with Crippen LogP contribution in [0.1, 0.15) is 0 Å². The van der Waals surface area contributed by atoms with Gasteiger partial charge in [-0.2, -0.15) is 52.7 Å². The third-order valence-electron chi connectivity index (χ3n) is 2.93. The van der Waals surface area contributed by atoms with Crippen LogP contribution in [0, 0.1) is 6.92 Å². The molecule has 2 nitrogen and oxygen atoms in total. The van der Waals surface area contributed by atoms with Crippen LogP contribution in [-0.4, -0.2) is 66.4 Å². The zero-order valence-electron chi connectivity index (χ0n) is 12.4. The standard InChI is InChI=1S/C11H9F14O2/c1-4(26)2-27-3-6(14,15)8(18,19)10(22,23)11(24,25)9(20,21)7(16,17)5(12)13/h4-5,26H,1-3H2. The Labute approximate surface area is 141 Å². The zero-order chi connectivity index (χ0) is 22.3. The Morgan fingerprint density at radius 3 is 1.41 bits per heavy atom. The molecule has 1 N–H and O–H groups in total. The summed E-state index contributed by atoms with van der Waals surface area (Å²) in [7, 11) is 0. The van der Waals surface area contributed by atoms with Crippen LogP contribution in [0.5, 0.6) is 0 Å². The van der Waals surface area contributed by atoms with Gasteiger partial charge in [0.2, 0.25) is 0 Å². The summed E-state index contributed by atoms with van der Waals surface area (Å²) in [4.78, 5) is 0. The first-order chi connectivity index (χ1) is 11.6. The molecule has 0 aliphatic heterocycles. The van der Waals surface area contributed by atoms with Gasteiger partial charge in [0, 0.05) is 0 Å². The summed E-state index contributed by atoms with van der Waals surface area (Å²) in [5, 5.41) is 8.50. The van der Waals surface area contributed by atoms with Crippen molar-refractivity contribution in [2.45, 2.75) is 48.1 Å². The van der Waals surface area contributed by atoms with Crippen LogP contribution in [-0.2, 0) is 4.74 Å². The summed E-state index contributed by atoms with van der Waals surface area (Å²) < 4.78 is 183. The van der Waals surface area contributed by atoms with Gasteiger partial charge in [0.05, 0.1) is 12.7 Å². The van der Waals surface area contributed by atoms with Crippen LogP contribution in [0.3, 0.4) is 0 Å². The van der Waals surface area contributed by atoms with Crippen molar-refractivity contribution >= 4 is 0 Å². The number of ether oxygens (including phenoxy) is 1. The van der Waals surface area contributed by atoms with E-state index in [4.69, 9.17) is 5.11 Å². The van der Waals surface area contributed by atoms with Crippen molar-refractivity contribution in [3.8, 4) is 0 Å². The third-order valence-corrected chi connectivity index (χ3v) is 2.93. The molecule has 0 aromatic heterocycles. The Bertz CT molecular complexity index is 501. The minimum Gasteiger partial charge on any atom is -0.391 e. The van der Waals surface area contributed by atoms with Gasteiger partial charge in [-0.1, -0.05) is 0 Å². The second kappa shape index (κ2) is 7.40. The number of aliphatic hydroxyl groups excluding tert-OH is 1. The van der Waals surface area contributed by atoms with Gasteiger partial charge >= 0.3 is 42.0 Å². The fourth-order valence-electron chi connectivity index (χ4n) is 1.38. The van der Waals surface area contributed by atoms with E-state index in [1.807, 2.05) is 0 Å². The quantitative estimate of drug-likeness (QED) is 0.516. The minimum absolute atomic E-state index is 1.33. The molecule has 0 spiro atoms. The zero-order valence-corrected chi connectivity index (χ0v) is 12.4. The highest BCUT2D eigenvalue weighted by Crippen LogP contribution is 2.60. The van der Waals surface area contributed by atoms with Gasteiger partial charge in [0.25, 0.3) is 0 Å². The van der Waals surface area contributed by atoms with Crippen LogP contribution in [0.4, 0.5) is 61.5 Å². The summed E-state index contributed by atoms with van der Waals surface area (Å²) in [6.07, 6.45) is -7.62. The molecule has 0 aliphatic carbocycles. The SMILES string of the molecule is [CH2]C(O)COCC(F)(F)C(F)(F)C(F)(F)C(F)(F)C(F)(F)C(F)(F)C(F)F. The lowest BCUT2D eigenvalue weighted by molar-refractivity contribution is -0.434. The van der Waals surface area contributed by atoms with E-state index < -0.39 is 61.3 Å². The van der Waals surface area contributed by atoms with Crippen molar-refractivity contribution in [3.05, 3.63) is 6.92 Å². The summed E-state index contributed by atoms with van der Waals surface area (Å²) in [5.74, 6) is -45.0. The summed E-state index contributed by atoms with van der Waals surface area (Å²) in [6.45, 7) is -1.53. The number of alkyl halides is 14. The lowest BCUT2D eigenvalue weighted by atomic mass is 9.91. The highest BCUT2D eigenvalue weighted by Gasteiger charge is 2.91. The minimum atomic E-state index is -8.06. The lowest BCUT2D eigenvalue weighted by Crippen LogP contribution is -2.72. The van der Waals surface area contributed by atoms with Gasteiger partial charge < -0.3 is 9.84 Å². The smallest absolute Gasteiger partial charge is 0.384 e. The Hall–Kier alpha value is -1.06. The van der Waals surface area contributed by atoms with E-state index in [1.54, 1.807) is 0 Å². The molecule has 0 aliphatic rings. The molecular formula is C11H9F14O2. The molecular weight excluding hydrogens is 430 g/mol. The first kappa shape index (κ1) is 25.9. The fraction of sp³-hybridized carbons (Fsp3) is 0.909. The molecule has 27 heavy (non-hydrogen) atoms. The molecule has 0 bridgehead atoms. The summed E-state index contributed by atoms with van der Waals surface area (Å²) in [6, 6.07) is 0. The maximum absolute atomic E-state index is 13.2. The number of halogens is 14. The van der Waals surface area contributed by atoms with Crippen LogP contribution < -0.4 is 0 Å². The van der Waals surface area contributed by atoms with Crippen LogP contribution in [0.2, 0.25) is 0 Å². The van der Waals surface area contributed by atoms with E-state index in [0.29, 0.717) is 0 Å². The highest BCUT2D eigenvalue weighted by molar-refractivity contribution is 5.12. The first-order valence-electron chi connectivity index (χ1n) is 6.25. The lowest BCUT2D eigenvalue weighted by Gasteiger charge is -2.41. The molecule has 0 amide bonds. The molecule has 163 valence electrons. The predicted octanol–water partition coefficient (Wildman–Crippen LogP) is 4.27. The topological polar surface area (TPSA) is 29.5 Å². The van der Waals surface area contributed by atoms with Crippen LogP contribution in [0.15, 0.2) is 0 Å². The Kier molecular flexibility index (Phi) is 7.11. The molecule has 1 radical (unpaired) electrons. The number of hydrogen-bond acceptors (Lipinski definition) is 2. The first-order valence-corrected chi connectivity index (χ1v) is 6.25. The summed E-state index contributed by atoms with van der Waals surface area (Å²) >= 11 is 0. The van der Waals surface area contributed by atoms with Crippen LogP contribution >= 0.6 is 0 Å². The van der Waals surface area contributed by atoms with Crippen molar-refractivity contribution in [3.63, 3.8) is 0 Å². The van der Waals surface area contributed by atoms with Crippen molar-refractivity contribution in [2.75, 3.05) is 13.2 Å². The van der Waals surface area contributed by atoms with Gasteiger partial charge in [0.15, 0.2) is 0 Å². The van der Waals surface area contributed by atoms with E-state index in [1.165, 1.54) is 0 Å². The van der Waals surface area contributed by atoms with Crippen molar-refractivity contribution in [1.82, 2.24) is 0 Å². The second-order valence-corrected chi connectivity index (χ2v) is 5.09. The molecule has 0 saturated heterocycles. The van der Waals surface area contributed by atoms with Crippen LogP contribution in [0.25, 0.3) is 0 Å². The molecule has 0 aromatic rings. The molecule has 0 saturated carbocycles. The monoisotopic (exact) mass is 439 g/mol. The maximum atomic E-state index is 13.2. The molecule has 1 atom stereocenters. The molecule has 0 aromatic carbocycles. The fourth-order valence-corrected chi connectivity index (χ4v) is 1.38. The van der Waals surface area contributed by atoms with Gasteiger partial charge in [0.1, 0.15) is 6.61 Å². The number of aliphatic hydroxyl groups is 1.